The first-order chi connectivity index (χ1) is 14.5. The largest absolute Gasteiger partial charge is 0.350 e. The van der Waals surface area contributed by atoms with Crippen molar-refractivity contribution in [2.75, 3.05) is 19.3 Å². The molecule has 1 aliphatic rings. The van der Waals surface area contributed by atoms with Gasteiger partial charge >= 0.3 is 0 Å². The average Bonchev–Trinajstić information content (AvgIpc) is 2.70. The van der Waals surface area contributed by atoms with Crippen LogP contribution in [0.25, 0.3) is 0 Å². The SMILES string of the molecule is C[C@@]1(C(=O)NCc2ccc(F)cc2)CN(S(C)(=O)=O)CC(=O)N1Cc1ccc(F)cc1. The van der Waals surface area contributed by atoms with Gasteiger partial charge in [-0.3, -0.25) is 9.59 Å². The minimum Gasteiger partial charge on any atom is -0.350 e. The number of nitrogens with zero attached hydrogens (tertiary/aromatic N) is 2. The summed E-state index contributed by atoms with van der Waals surface area (Å²) in [5.41, 5.74) is -0.266. The Labute approximate surface area is 179 Å². The van der Waals surface area contributed by atoms with Crippen LogP contribution in [0.4, 0.5) is 8.78 Å². The second kappa shape index (κ2) is 8.72. The first-order valence-electron chi connectivity index (χ1n) is 9.52. The number of carbonyl (C=O) groups is 2. The summed E-state index contributed by atoms with van der Waals surface area (Å²) in [6.07, 6.45) is 0.979. The van der Waals surface area contributed by atoms with E-state index in [4.69, 9.17) is 0 Å². The third kappa shape index (κ3) is 5.26. The van der Waals surface area contributed by atoms with Gasteiger partial charge in [-0.1, -0.05) is 24.3 Å². The smallest absolute Gasteiger partial charge is 0.247 e. The Kier molecular flexibility index (Phi) is 6.42. The molecule has 10 heteroatoms. The van der Waals surface area contributed by atoms with Gasteiger partial charge in [-0.25, -0.2) is 17.2 Å². The van der Waals surface area contributed by atoms with Gasteiger partial charge < -0.3 is 10.2 Å². The van der Waals surface area contributed by atoms with E-state index in [-0.39, 0.29) is 26.2 Å². The fourth-order valence-corrected chi connectivity index (χ4v) is 4.27. The molecule has 0 aliphatic carbocycles. The number of benzene rings is 2. The third-order valence-corrected chi connectivity index (χ3v) is 6.47. The van der Waals surface area contributed by atoms with Crippen LogP contribution < -0.4 is 5.32 Å². The van der Waals surface area contributed by atoms with Gasteiger partial charge in [0.25, 0.3) is 0 Å². The number of piperazine rings is 1. The second-order valence-corrected chi connectivity index (χ2v) is 9.70. The lowest BCUT2D eigenvalue weighted by molar-refractivity contribution is -0.153. The van der Waals surface area contributed by atoms with Crippen molar-refractivity contribution < 1.29 is 26.8 Å². The number of carbonyl (C=O) groups excluding carboxylic acids is 2. The zero-order chi connectivity index (χ0) is 22.8. The Hall–Kier alpha value is -2.85. The summed E-state index contributed by atoms with van der Waals surface area (Å²) in [5, 5.41) is 2.71. The van der Waals surface area contributed by atoms with E-state index in [9.17, 15) is 26.8 Å². The highest BCUT2D eigenvalue weighted by molar-refractivity contribution is 7.88. The van der Waals surface area contributed by atoms with Crippen LogP contribution in [0, 0.1) is 11.6 Å². The molecule has 1 saturated heterocycles. The summed E-state index contributed by atoms with van der Waals surface area (Å²) in [5.74, 6) is -1.94. The lowest BCUT2D eigenvalue weighted by Gasteiger charge is -2.46. The Morgan fingerprint density at radius 3 is 2.06 bits per heavy atom. The molecule has 1 N–H and O–H groups in total. The van der Waals surface area contributed by atoms with Crippen molar-refractivity contribution >= 4 is 21.8 Å². The van der Waals surface area contributed by atoms with Crippen molar-refractivity contribution in [3.63, 3.8) is 0 Å². The predicted molar refractivity (Wildman–Crippen MR) is 110 cm³/mol. The van der Waals surface area contributed by atoms with Crippen LogP contribution in [-0.4, -0.2) is 54.3 Å². The van der Waals surface area contributed by atoms with E-state index >= 15 is 0 Å². The zero-order valence-corrected chi connectivity index (χ0v) is 18.0. The first-order valence-corrected chi connectivity index (χ1v) is 11.4. The Morgan fingerprint density at radius 2 is 1.55 bits per heavy atom. The molecule has 1 fully saturated rings. The summed E-state index contributed by atoms with van der Waals surface area (Å²) in [7, 11) is -3.72. The van der Waals surface area contributed by atoms with Crippen LogP contribution in [0.5, 0.6) is 0 Å². The van der Waals surface area contributed by atoms with E-state index in [1.807, 2.05) is 0 Å². The maximum Gasteiger partial charge on any atom is 0.247 e. The lowest BCUT2D eigenvalue weighted by Crippen LogP contribution is -2.69. The number of halogens is 2. The average molecular weight is 451 g/mol. The minimum atomic E-state index is -3.72. The van der Waals surface area contributed by atoms with Crippen LogP contribution in [0.15, 0.2) is 48.5 Å². The third-order valence-electron chi connectivity index (χ3n) is 5.27. The highest BCUT2D eigenvalue weighted by atomic mass is 32.2. The van der Waals surface area contributed by atoms with Gasteiger partial charge in [-0.2, -0.15) is 4.31 Å². The second-order valence-electron chi connectivity index (χ2n) is 7.72. The number of sulfonamides is 1. The zero-order valence-electron chi connectivity index (χ0n) is 17.1. The van der Waals surface area contributed by atoms with Crippen molar-refractivity contribution in [3.05, 3.63) is 71.3 Å². The molecule has 0 spiro atoms. The normalized spacial score (nSPS) is 20.0. The fraction of sp³-hybridized carbons (Fsp3) is 0.333. The Morgan fingerprint density at radius 1 is 1.03 bits per heavy atom. The molecule has 3 rings (SSSR count). The molecule has 2 aromatic carbocycles. The lowest BCUT2D eigenvalue weighted by atomic mass is 9.94. The molecule has 31 heavy (non-hydrogen) atoms. The van der Waals surface area contributed by atoms with Crippen molar-refractivity contribution in [2.24, 2.45) is 0 Å². The highest BCUT2D eigenvalue weighted by Gasteiger charge is 2.49. The monoisotopic (exact) mass is 451 g/mol. The molecule has 0 saturated carbocycles. The summed E-state index contributed by atoms with van der Waals surface area (Å²) in [6.45, 7) is 0.962. The predicted octanol–water partition coefficient (Wildman–Crippen LogP) is 1.64. The molecule has 0 radical (unpaired) electrons. The van der Waals surface area contributed by atoms with Gasteiger partial charge in [0.1, 0.15) is 17.2 Å². The number of rotatable bonds is 6. The summed E-state index contributed by atoms with van der Waals surface area (Å²) in [6, 6.07) is 11.1. The Bertz CT molecular complexity index is 1070. The van der Waals surface area contributed by atoms with Gasteiger partial charge in [-0.15, -0.1) is 0 Å². The van der Waals surface area contributed by atoms with E-state index in [1.54, 1.807) is 0 Å². The molecule has 0 bridgehead atoms. The number of hydrogen-bond donors (Lipinski definition) is 1. The fourth-order valence-electron chi connectivity index (χ4n) is 3.44. The molecule has 0 aromatic heterocycles. The van der Waals surface area contributed by atoms with Crippen molar-refractivity contribution in [3.8, 4) is 0 Å². The maximum atomic E-state index is 13.2. The van der Waals surface area contributed by atoms with Crippen molar-refractivity contribution in [1.29, 1.82) is 0 Å². The topological polar surface area (TPSA) is 86.8 Å². The molecule has 2 aromatic rings. The number of amides is 2. The maximum absolute atomic E-state index is 13.2. The molecule has 2 amide bonds. The first kappa shape index (κ1) is 22.8. The van der Waals surface area contributed by atoms with Crippen LogP contribution in [-0.2, 0) is 32.7 Å². The van der Waals surface area contributed by atoms with E-state index in [2.05, 4.69) is 5.32 Å². The van der Waals surface area contributed by atoms with Gasteiger partial charge in [0.05, 0.1) is 12.8 Å². The van der Waals surface area contributed by atoms with Crippen molar-refractivity contribution in [1.82, 2.24) is 14.5 Å². The molecule has 7 nitrogen and oxygen atoms in total. The van der Waals surface area contributed by atoms with Gasteiger partial charge in [0, 0.05) is 19.6 Å². The Balaban J connectivity index is 1.87. The van der Waals surface area contributed by atoms with Crippen LogP contribution in [0.2, 0.25) is 0 Å². The quantitative estimate of drug-likeness (QED) is 0.724. The molecule has 0 unspecified atom stereocenters. The van der Waals surface area contributed by atoms with Crippen LogP contribution in [0.3, 0.4) is 0 Å². The van der Waals surface area contributed by atoms with Gasteiger partial charge in [0.15, 0.2) is 0 Å². The highest BCUT2D eigenvalue weighted by Crippen LogP contribution is 2.27. The minimum absolute atomic E-state index is 0.0111. The molecular weight excluding hydrogens is 428 g/mol. The molecule has 1 heterocycles. The molecule has 1 aliphatic heterocycles. The summed E-state index contributed by atoms with van der Waals surface area (Å²) < 4.78 is 51.5. The van der Waals surface area contributed by atoms with E-state index in [0.717, 1.165) is 10.6 Å². The number of hydrogen-bond acceptors (Lipinski definition) is 4. The standard InChI is InChI=1S/C21H23F2N3O4S/c1-21(20(28)24-11-15-3-7-17(22)8-4-15)14-25(31(2,29)30)13-19(27)26(21)12-16-5-9-18(23)10-6-16/h3-10H,11-14H2,1-2H3,(H,24,28)/t21-/m0/s1. The van der Waals surface area contributed by atoms with E-state index in [1.165, 1.54) is 60.4 Å². The molecule has 166 valence electrons. The van der Waals surface area contributed by atoms with E-state index < -0.39 is 39.0 Å². The van der Waals surface area contributed by atoms with Gasteiger partial charge in [0.2, 0.25) is 21.8 Å². The van der Waals surface area contributed by atoms with Crippen molar-refractivity contribution in [2.45, 2.75) is 25.6 Å². The van der Waals surface area contributed by atoms with E-state index in [0.29, 0.717) is 11.1 Å². The van der Waals surface area contributed by atoms with Crippen LogP contribution in [0.1, 0.15) is 18.1 Å². The number of nitrogens with one attached hydrogen (secondary N) is 1. The van der Waals surface area contributed by atoms with Crippen LogP contribution >= 0.6 is 0 Å². The summed E-state index contributed by atoms with van der Waals surface area (Å²) in [4.78, 5) is 27.4. The van der Waals surface area contributed by atoms with Gasteiger partial charge in [-0.05, 0) is 42.3 Å². The molecule has 1 atom stereocenters. The molecular formula is C21H23F2N3O4S. The summed E-state index contributed by atoms with van der Waals surface area (Å²) >= 11 is 0.